The molecule has 7 heteroatoms. The number of aliphatic carboxylic acids is 1. The van der Waals surface area contributed by atoms with E-state index >= 15 is 0 Å². The third kappa shape index (κ3) is 3.95. The molecule has 0 aromatic heterocycles. The number of carboxylic acid groups (broad SMARTS) is 1. The Morgan fingerprint density at radius 1 is 1.21 bits per heavy atom. The van der Waals surface area contributed by atoms with E-state index in [9.17, 15) is 9.90 Å². The van der Waals surface area contributed by atoms with Crippen LogP contribution in [0, 0.1) is 0 Å². The molecule has 0 amide bonds. The minimum atomic E-state index is -0.980. The second-order valence-corrected chi connectivity index (χ2v) is 5.47. The van der Waals surface area contributed by atoms with Crippen LogP contribution < -0.4 is 16.0 Å². The second-order valence-electron chi connectivity index (χ2n) is 5.47. The molecule has 0 aliphatic heterocycles. The summed E-state index contributed by atoms with van der Waals surface area (Å²) in [5, 5.41) is 24.1. The quantitative estimate of drug-likeness (QED) is 0.280. The highest BCUT2D eigenvalue weighted by Gasteiger charge is 2.20. The molecule has 0 spiro atoms. The van der Waals surface area contributed by atoms with Gasteiger partial charge >= 0.3 is 5.97 Å². The van der Waals surface area contributed by atoms with Crippen molar-refractivity contribution in [1.82, 2.24) is 0 Å². The Kier molecular flexibility index (Phi) is 5.26. The summed E-state index contributed by atoms with van der Waals surface area (Å²) in [5.41, 5.74) is 8.24. The van der Waals surface area contributed by atoms with Crippen molar-refractivity contribution in [3.05, 3.63) is 59.7 Å². The third-order valence-electron chi connectivity index (χ3n) is 3.57. The number of carbonyl (C=O) groups is 1. The number of nitrogens with zero attached hydrogens (tertiary/aromatic N) is 2. The number of nitrogens with two attached hydrogens (primary N) is 1. The lowest BCUT2D eigenvalue weighted by atomic mass is 10.1. The van der Waals surface area contributed by atoms with Crippen LogP contribution in [0.4, 0.5) is 11.4 Å². The maximum absolute atomic E-state index is 11.7. The van der Waals surface area contributed by atoms with Crippen LogP contribution in [-0.4, -0.2) is 36.2 Å². The van der Waals surface area contributed by atoms with Crippen molar-refractivity contribution in [1.29, 1.82) is 0 Å². The Hall–Kier alpha value is -3.22. The molecule has 1 unspecified atom stereocenters. The molecule has 0 bridgehead atoms. The summed E-state index contributed by atoms with van der Waals surface area (Å²) in [6.45, 7) is 0. The van der Waals surface area contributed by atoms with Crippen LogP contribution in [0.25, 0.3) is 0 Å². The van der Waals surface area contributed by atoms with E-state index in [1.54, 1.807) is 30.3 Å². The standard InChI is InChI=1S/C17H20N4O3/c1-21(2)14-5-3-4-12(10-14)15(17(22)23)19-13-8-6-11(7-9-13)16(18)20-24/h3-10,15,19,24H,1-2H3,(H2,18,20)(H,22,23). The summed E-state index contributed by atoms with van der Waals surface area (Å²) in [6, 6.07) is 13.1. The number of rotatable bonds is 6. The minimum Gasteiger partial charge on any atom is -0.479 e. The van der Waals surface area contributed by atoms with Gasteiger partial charge in [-0.15, -0.1) is 0 Å². The average molecular weight is 328 g/mol. The van der Waals surface area contributed by atoms with Crippen LogP contribution in [0.1, 0.15) is 17.2 Å². The number of anilines is 2. The van der Waals surface area contributed by atoms with Gasteiger partial charge in [-0.3, -0.25) is 0 Å². The first kappa shape index (κ1) is 17.1. The molecule has 5 N–H and O–H groups in total. The summed E-state index contributed by atoms with van der Waals surface area (Å²) in [4.78, 5) is 13.6. The molecule has 0 saturated heterocycles. The monoisotopic (exact) mass is 328 g/mol. The van der Waals surface area contributed by atoms with Gasteiger partial charge in [0.25, 0.3) is 0 Å². The van der Waals surface area contributed by atoms with E-state index in [1.807, 2.05) is 37.2 Å². The van der Waals surface area contributed by atoms with E-state index in [0.717, 1.165) is 5.69 Å². The van der Waals surface area contributed by atoms with Gasteiger partial charge in [-0.1, -0.05) is 17.3 Å². The largest absolute Gasteiger partial charge is 0.479 e. The predicted octanol–water partition coefficient (Wildman–Crippen LogP) is 2.08. The minimum absolute atomic E-state index is 0.00461. The molecule has 0 heterocycles. The Labute approximate surface area is 140 Å². The number of benzene rings is 2. The van der Waals surface area contributed by atoms with Gasteiger partial charge in [0.15, 0.2) is 11.9 Å². The molecular formula is C17H20N4O3. The van der Waals surface area contributed by atoms with Gasteiger partial charge in [-0.2, -0.15) is 0 Å². The van der Waals surface area contributed by atoms with Gasteiger partial charge in [0.2, 0.25) is 0 Å². The Morgan fingerprint density at radius 3 is 2.42 bits per heavy atom. The second kappa shape index (κ2) is 7.36. The highest BCUT2D eigenvalue weighted by Crippen LogP contribution is 2.24. The van der Waals surface area contributed by atoms with E-state index in [4.69, 9.17) is 10.9 Å². The molecule has 1 atom stereocenters. The summed E-state index contributed by atoms with van der Waals surface area (Å²) in [7, 11) is 3.79. The lowest BCUT2D eigenvalue weighted by Crippen LogP contribution is -2.21. The topological polar surface area (TPSA) is 111 Å². The van der Waals surface area contributed by atoms with Gasteiger partial charge in [0.05, 0.1) is 0 Å². The molecule has 0 aliphatic carbocycles. The first-order valence-electron chi connectivity index (χ1n) is 7.27. The average Bonchev–Trinajstić information content (AvgIpc) is 2.59. The zero-order valence-corrected chi connectivity index (χ0v) is 13.5. The molecule has 0 radical (unpaired) electrons. The molecule has 2 aromatic rings. The number of amidine groups is 1. The molecule has 0 fully saturated rings. The summed E-state index contributed by atoms with van der Waals surface area (Å²) < 4.78 is 0. The molecule has 126 valence electrons. The van der Waals surface area contributed by atoms with Gasteiger partial charge < -0.3 is 26.3 Å². The third-order valence-corrected chi connectivity index (χ3v) is 3.57. The van der Waals surface area contributed by atoms with Crippen LogP contribution in [0.15, 0.2) is 53.7 Å². The number of nitrogens with one attached hydrogen (secondary N) is 1. The number of hydrogen-bond donors (Lipinski definition) is 4. The predicted molar refractivity (Wildman–Crippen MR) is 93.7 cm³/mol. The smallest absolute Gasteiger partial charge is 0.330 e. The molecule has 0 saturated carbocycles. The maximum Gasteiger partial charge on any atom is 0.330 e. The van der Waals surface area contributed by atoms with Gasteiger partial charge in [0.1, 0.15) is 0 Å². The highest BCUT2D eigenvalue weighted by molar-refractivity contribution is 5.97. The van der Waals surface area contributed by atoms with Crippen LogP contribution in [-0.2, 0) is 4.79 Å². The van der Waals surface area contributed by atoms with E-state index in [1.165, 1.54) is 0 Å². The zero-order chi connectivity index (χ0) is 17.7. The highest BCUT2D eigenvalue weighted by atomic mass is 16.4. The fourth-order valence-corrected chi connectivity index (χ4v) is 2.23. The van der Waals surface area contributed by atoms with Crippen molar-refractivity contribution >= 4 is 23.2 Å². The fraction of sp³-hybridized carbons (Fsp3) is 0.176. The Morgan fingerprint density at radius 2 is 1.88 bits per heavy atom. The van der Waals surface area contributed by atoms with E-state index < -0.39 is 12.0 Å². The molecule has 24 heavy (non-hydrogen) atoms. The first-order chi connectivity index (χ1) is 11.4. The van der Waals surface area contributed by atoms with Crippen molar-refractivity contribution < 1.29 is 15.1 Å². The normalized spacial score (nSPS) is 12.5. The van der Waals surface area contributed by atoms with E-state index in [-0.39, 0.29) is 5.84 Å². The summed E-state index contributed by atoms with van der Waals surface area (Å²) in [6.07, 6.45) is 0. The van der Waals surface area contributed by atoms with E-state index in [0.29, 0.717) is 16.8 Å². The van der Waals surface area contributed by atoms with Crippen LogP contribution in [0.2, 0.25) is 0 Å². The summed E-state index contributed by atoms with van der Waals surface area (Å²) >= 11 is 0. The maximum atomic E-state index is 11.7. The summed E-state index contributed by atoms with van der Waals surface area (Å²) in [5.74, 6) is -0.985. The number of hydrogen-bond acceptors (Lipinski definition) is 5. The van der Waals surface area contributed by atoms with E-state index in [2.05, 4.69) is 10.5 Å². The van der Waals surface area contributed by atoms with Crippen LogP contribution in [0.5, 0.6) is 0 Å². The number of carboxylic acids is 1. The van der Waals surface area contributed by atoms with Gasteiger partial charge in [-0.05, 0) is 42.0 Å². The molecule has 2 rings (SSSR count). The van der Waals surface area contributed by atoms with Crippen molar-refractivity contribution in [2.75, 3.05) is 24.3 Å². The Balaban J connectivity index is 2.26. The van der Waals surface area contributed by atoms with Crippen molar-refractivity contribution in [3.63, 3.8) is 0 Å². The van der Waals surface area contributed by atoms with Crippen molar-refractivity contribution in [3.8, 4) is 0 Å². The molecule has 2 aromatic carbocycles. The van der Waals surface area contributed by atoms with Crippen LogP contribution >= 0.6 is 0 Å². The first-order valence-corrected chi connectivity index (χ1v) is 7.27. The lowest BCUT2D eigenvalue weighted by Gasteiger charge is -2.19. The molecule has 0 aliphatic rings. The van der Waals surface area contributed by atoms with Crippen molar-refractivity contribution in [2.24, 2.45) is 10.9 Å². The van der Waals surface area contributed by atoms with Gasteiger partial charge in [0, 0.05) is 31.0 Å². The van der Waals surface area contributed by atoms with Crippen LogP contribution in [0.3, 0.4) is 0 Å². The zero-order valence-electron chi connectivity index (χ0n) is 13.5. The number of oxime groups is 1. The molecular weight excluding hydrogens is 308 g/mol. The fourth-order valence-electron chi connectivity index (χ4n) is 2.23. The SMILES string of the molecule is CN(C)c1cccc(C(Nc2ccc(/C(N)=N/O)cc2)C(=O)O)c1. The molecule has 7 nitrogen and oxygen atoms in total. The Bertz CT molecular complexity index is 742. The van der Waals surface area contributed by atoms with Gasteiger partial charge in [-0.25, -0.2) is 4.79 Å². The lowest BCUT2D eigenvalue weighted by molar-refractivity contribution is -0.138. The van der Waals surface area contributed by atoms with Crippen molar-refractivity contribution in [2.45, 2.75) is 6.04 Å².